The summed E-state index contributed by atoms with van der Waals surface area (Å²) in [5.74, 6) is 0.226. The molecule has 0 bridgehead atoms. The molecule has 0 aliphatic carbocycles. The van der Waals surface area contributed by atoms with E-state index in [0.717, 1.165) is 25.9 Å². The van der Waals surface area contributed by atoms with Crippen molar-refractivity contribution >= 4 is 11.8 Å². The number of nitrogens with zero attached hydrogens (tertiary/aromatic N) is 3. The van der Waals surface area contributed by atoms with E-state index < -0.39 is 5.97 Å². The average Bonchev–Trinajstić information content (AvgIpc) is 2.68. The summed E-state index contributed by atoms with van der Waals surface area (Å²) in [6, 6.07) is 14.8. The molecule has 0 saturated carbocycles. The Bertz CT molecular complexity index is 682. The van der Waals surface area contributed by atoms with Crippen LogP contribution in [0, 0.1) is 0 Å². The Morgan fingerprint density at radius 2 is 1.88 bits per heavy atom. The summed E-state index contributed by atoms with van der Waals surface area (Å²) in [7, 11) is 1.33. The highest BCUT2D eigenvalue weighted by atomic mass is 16.5. The summed E-state index contributed by atoms with van der Waals surface area (Å²) in [6.07, 6.45) is 2.11. The zero-order valence-corrected chi connectivity index (χ0v) is 14.7. The molecule has 3 rings (SSSR count). The van der Waals surface area contributed by atoms with Crippen LogP contribution in [0.25, 0.3) is 0 Å². The molecule has 1 aliphatic rings. The standard InChI is InChI=1S/C19H24N4O2/c1-14(15-6-4-3-5-7-15)23-12-10-16(11-13-23)20-18-9-8-17(21-22-18)19(24)25-2/h3-9,14,16H,10-13H2,1-2H3,(H,20,22)/t14-/m0/s1. The van der Waals surface area contributed by atoms with Gasteiger partial charge < -0.3 is 10.1 Å². The molecule has 2 aromatic rings. The van der Waals surface area contributed by atoms with Crippen molar-refractivity contribution in [3.05, 3.63) is 53.7 Å². The van der Waals surface area contributed by atoms with Crippen LogP contribution in [0.5, 0.6) is 0 Å². The van der Waals surface area contributed by atoms with E-state index in [1.165, 1.54) is 12.7 Å². The summed E-state index contributed by atoms with van der Waals surface area (Å²) < 4.78 is 4.63. The monoisotopic (exact) mass is 340 g/mol. The number of likely N-dealkylation sites (tertiary alicyclic amines) is 1. The van der Waals surface area contributed by atoms with Gasteiger partial charge in [-0.25, -0.2) is 4.79 Å². The van der Waals surface area contributed by atoms with Crippen molar-refractivity contribution < 1.29 is 9.53 Å². The van der Waals surface area contributed by atoms with Gasteiger partial charge >= 0.3 is 5.97 Å². The topological polar surface area (TPSA) is 67.3 Å². The quantitative estimate of drug-likeness (QED) is 0.844. The second kappa shape index (κ2) is 8.07. The van der Waals surface area contributed by atoms with Gasteiger partial charge in [-0.15, -0.1) is 10.2 Å². The van der Waals surface area contributed by atoms with Crippen molar-refractivity contribution in [1.29, 1.82) is 0 Å². The van der Waals surface area contributed by atoms with E-state index >= 15 is 0 Å². The van der Waals surface area contributed by atoms with Crippen LogP contribution in [0.3, 0.4) is 0 Å². The van der Waals surface area contributed by atoms with E-state index in [-0.39, 0.29) is 5.69 Å². The number of carbonyl (C=O) groups is 1. The summed E-state index contributed by atoms with van der Waals surface area (Å²) in [4.78, 5) is 13.9. The first-order chi connectivity index (χ1) is 12.2. The third-order valence-corrected chi connectivity index (χ3v) is 4.77. The van der Waals surface area contributed by atoms with Gasteiger partial charge in [0.05, 0.1) is 7.11 Å². The lowest BCUT2D eigenvalue weighted by atomic mass is 10.0. The lowest BCUT2D eigenvalue weighted by Crippen LogP contribution is -2.40. The van der Waals surface area contributed by atoms with Crippen LogP contribution in [0.2, 0.25) is 0 Å². The Kier molecular flexibility index (Phi) is 5.60. The summed E-state index contributed by atoms with van der Waals surface area (Å²) in [6.45, 7) is 4.35. The number of hydrogen-bond acceptors (Lipinski definition) is 6. The Labute approximate surface area is 148 Å². The van der Waals surface area contributed by atoms with E-state index in [4.69, 9.17) is 0 Å². The number of nitrogens with one attached hydrogen (secondary N) is 1. The van der Waals surface area contributed by atoms with Crippen molar-refractivity contribution in [2.45, 2.75) is 31.8 Å². The number of methoxy groups -OCH3 is 1. The smallest absolute Gasteiger partial charge is 0.358 e. The first kappa shape index (κ1) is 17.4. The number of hydrogen-bond donors (Lipinski definition) is 1. The van der Waals surface area contributed by atoms with Crippen molar-refractivity contribution in [3.63, 3.8) is 0 Å². The summed E-state index contributed by atoms with van der Waals surface area (Å²) in [5.41, 5.74) is 1.58. The van der Waals surface area contributed by atoms with Gasteiger partial charge in [0.1, 0.15) is 5.82 Å². The maximum absolute atomic E-state index is 11.4. The molecule has 1 fully saturated rings. The zero-order chi connectivity index (χ0) is 17.6. The molecule has 0 unspecified atom stereocenters. The fraction of sp³-hybridized carbons (Fsp3) is 0.421. The minimum absolute atomic E-state index is 0.222. The van der Waals surface area contributed by atoms with Crippen molar-refractivity contribution in [1.82, 2.24) is 15.1 Å². The second-order valence-corrected chi connectivity index (χ2v) is 6.34. The predicted molar refractivity (Wildman–Crippen MR) is 96.4 cm³/mol. The molecule has 1 aromatic carbocycles. The van der Waals surface area contributed by atoms with Crippen molar-refractivity contribution in [2.75, 3.05) is 25.5 Å². The fourth-order valence-electron chi connectivity index (χ4n) is 3.21. The van der Waals surface area contributed by atoms with Crippen molar-refractivity contribution in [3.8, 4) is 0 Å². The van der Waals surface area contributed by atoms with Crippen LogP contribution in [0.1, 0.15) is 41.9 Å². The summed E-state index contributed by atoms with van der Waals surface area (Å²) in [5, 5.41) is 11.4. The highest BCUT2D eigenvalue weighted by Gasteiger charge is 2.23. The van der Waals surface area contributed by atoms with E-state index in [0.29, 0.717) is 17.9 Å². The lowest BCUT2D eigenvalue weighted by molar-refractivity contribution is 0.0593. The van der Waals surface area contributed by atoms with Gasteiger partial charge in [0.25, 0.3) is 0 Å². The molecule has 1 N–H and O–H groups in total. The van der Waals surface area contributed by atoms with Crippen LogP contribution in [0.4, 0.5) is 5.82 Å². The predicted octanol–water partition coefficient (Wildman–Crippen LogP) is 2.90. The van der Waals surface area contributed by atoms with Gasteiger partial charge in [-0.05, 0) is 37.5 Å². The van der Waals surface area contributed by atoms with E-state index in [1.54, 1.807) is 12.1 Å². The first-order valence-corrected chi connectivity index (χ1v) is 8.65. The van der Waals surface area contributed by atoms with Gasteiger partial charge in [0.2, 0.25) is 0 Å². The average molecular weight is 340 g/mol. The Morgan fingerprint density at radius 1 is 1.16 bits per heavy atom. The molecule has 1 aliphatic heterocycles. The number of ether oxygens (including phenoxy) is 1. The van der Waals surface area contributed by atoms with Gasteiger partial charge in [-0.2, -0.15) is 0 Å². The highest BCUT2D eigenvalue weighted by molar-refractivity contribution is 5.86. The van der Waals surface area contributed by atoms with Crippen LogP contribution in [-0.4, -0.2) is 47.3 Å². The molecule has 6 heteroatoms. The molecular formula is C19H24N4O2. The normalized spacial score (nSPS) is 17.0. The SMILES string of the molecule is COC(=O)c1ccc(NC2CCN([C@@H](C)c3ccccc3)CC2)nn1. The van der Waals surface area contributed by atoms with Crippen LogP contribution in [-0.2, 0) is 4.74 Å². The fourth-order valence-corrected chi connectivity index (χ4v) is 3.21. The molecule has 2 heterocycles. The molecule has 0 spiro atoms. The Hall–Kier alpha value is -2.47. The van der Waals surface area contributed by atoms with Crippen LogP contribution >= 0.6 is 0 Å². The summed E-state index contributed by atoms with van der Waals surface area (Å²) >= 11 is 0. The van der Waals surface area contributed by atoms with Gasteiger partial charge in [0, 0.05) is 25.2 Å². The van der Waals surface area contributed by atoms with E-state index in [9.17, 15) is 4.79 Å². The number of carbonyl (C=O) groups excluding carboxylic acids is 1. The number of aromatic nitrogens is 2. The number of esters is 1. The molecule has 25 heavy (non-hydrogen) atoms. The minimum Gasteiger partial charge on any atom is -0.464 e. The molecule has 1 aromatic heterocycles. The molecule has 0 amide bonds. The van der Waals surface area contributed by atoms with E-state index in [2.05, 4.69) is 62.4 Å². The molecule has 6 nitrogen and oxygen atoms in total. The Balaban J connectivity index is 1.52. The lowest BCUT2D eigenvalue weighted by Gasteiger charge is -2.36. The second-order valence-electron chi connectivity index (χ2n) is 6.34. The van der Waals surface area contributed by atoms with Crippen molar-refractivity contribution in [2.24, 2.45) is 0 Å². The third-order valence-electron chi connectivity index (χ3n) is 4.77. The van der Waals surface area contributed by atoms with Crippen LogP contribution in [0.15, 0.2) is 42.5 Å². The molecule has 0 radical (unpaired) electrons. The molecular weight excluding hydrogens is 316 g/mol. The largest absolute Gasteiger partial charge is 0.464 e. The molecule has 132 valence electrons. The number of piperidine rings is 1. The highest BCUT2D eigenvalue weighted by Crippen LogP contribution is 2.25. The number of rotatable bonds is 5. The minimum atomic E-state index is -0.470. The van der Waals surface area contributed by atoms with Crippen LogP contribution < -0.4 is 5.32 Å². The van der Waals surface area contributed by atoms with Gasteiger partial charge in [0.15, 0.2) is 5.69 Å². The third kappa shape index (κ3) is 4.33. The Morgan fingerprint density at radius 3 is 2.48 bits per heavy atom. The number of benzene rings is 1. The molecule has 1 saturated heterocycles. The van der Waals surface area contributed by atoms with Gasteiger partial charge in [-0.3, -0.25) is 4.90 Å². The zero-order valence-electron chi connectivity index (χ0n) is 14.7. The molecule has 1 atom stereocenters. The maximum atomic E-state index is 11.4. The first-order valence-electron chi connectivity index (χ1n) is 8.65. The number of anilines is 1. The van der Waals surface area contributed by atoms with E-state index in [1.807, 2.05) is 0 Å². The van der Waals surface area contributed by atoms with Gasteiger partial charge in [-0.1, -0.05) is 30.3 Å². The maximum Gasteiger partial charge on any atom is 0.358 e.